The first kappa shape index (κ1) is 19.1. The predicted octanol–water partition coefficient (Wildman–Crippen LogP) is 3.82. The van der Waals surface area contributed by atoms with Gasteiger partial charge in [-0.05, 0) is 31.2 Å². The van der Waals surface area contributed by atoms with Gasteiger partial charge < -0.3 is 15.2 Å². The number of fused-ring (bicyclic) bond motifs is 1. The standard InChI is InChI=1S/C19H16Cl2F2N4O/c1-27-9-25-14-7-13(23)15(6-10(14)18(27)28)26-19(4-5-24-8-19)16-12(22)3-2-11(20)17(16)21/h2-3,6-7,9,24,26H,4-5,8H2,1H3/t19-/m1/s1. The van der Waals surface area contributed by atoms with Gasteiger partial charge in [-0.1, -0.05) is 23.2 Å². The van der Waals surface area contributed by atoms with E-state index in [1.807, 2.05) is 0 Å². The molecule has 4 rings (SSSR count). The van der Waals surface area contributed by atoms with Crippen LogP contribution in [0.25, 0.3) is 10.9 Å². The average molecular weight is 425 g/mol. The molecule has 0 bridgehead atoms. The summed E-state index contributed by atoms with van der Waals surface area (Å²) in [5.41, 5.74) is -0.842. The van der Waals surface area contributed by atoms with E-state index >= 15 is 0 Å². The molecule has 1 aliphatic rings. The monoisotopic (exact) mass is 424 g/mol. The Morgan fingerprint density at radius 3 is 2.75 bits per heavy atom. The fraction of sp³-hybridized carbons (Fsp3) is 0.263. The summed E-state index contributed by atoms with van der Waals surface area (Å²) in [5.74, 6) is -1.14. The highest BCUT2D eigenvalue weighted by atomic mass is 35.5. The molecule has 28 heavy (non-hydrogen) atoms. The highest BCUT2D eigenvalue weighted by Crippen LogP contribution is 2.41. The number of hydrogen-bond donors (Lipinski definition) is 2. The van der Waals surface area contributed by atoms with Gasteiger partial charge in [0.2, 0.25) is 0 Å². The summed E-state index contributed by atoms with van der Waals surface area (Å²) < 4.78 is 30.8. The Morgan fingerprint density at radius 1 is 1.25 bits per heavy atom. The number of hydrogen-bond acceptors (Lipinski definition) is 4. The smallest absolute Gasteiger partial charge is 0.260 e. The lowest BCUT2D eigenvalue weighted by Crippen LogP contribution is -2.39. The number of aryl methyl sites for hydroxylation is 1. The third-order valence-electron chi connectivity index (χ3n) is 5.06. The van der Waals surface area contributed by atoms with Crippen LogP contribution >= 0.6 is 23.2 Å². The summed E-state index contributed by atoms with van der Waals surface area (Å²) in [6.07, 6.45) is 1.78. The van der Waals surface area contributed by atoms with Crippen molar-refractivity contribution in [3.05, 3.63) is 68.2 Å². The van der Waals surface area contributed by atoms with Crippen molar-refractivity contribution in [2.45, 2.75) is 12.0 Å². The van der Waals surface area contributed by atoms with Crippen LogP contribution in [0.4, 0.5) is 14.5 Å². The second-order valence-corrected chi connectivity index (χ2v) is 7.65. The first-order valence-corrected chi connectivity index (χ1v) is 9.36. The topological polar surface area (TPSA) is 59.0 Å². The molecular weight excluding hydrogens is 409 g/mol. The third-order valence-corrected chi connectivity index (χ3v) is 5.86. The molecule has 1 saturated heterocycles. The second-order valence-electron chi connectivity index (χ2n) is 6.86. The van der Waals surface area contributed by atoms with Gasteiger partial charge in [0.25, 0.3) is 5.56 Å². The van der Waals surface area contributed by atoms with Crippen LogP contribution in [0.5, 0.6) is 0 Å². The summed E-state index contributed by atoms with van der Waals surface area (Å²) in [6.45, 7) is 0.889. The highest BCUT2D eigenvalue weighted by Gasteiger charge is 2.40. The van der Waals surface area contributed by atoms with Crippen molar-refractivity contribution in [3.63, 3.8) is 0 Å². The zero-order chi connectivity index (χ0) is 20.1. The Morgan fingerprint density at radius 2 is 2.04 bits per heavy atom. The van der Waals surface area contributed by atoms with Crippen LogP contribution in [0.1, 0.15) is 12.0 Å². The van der Waals surface area contributed by atoms with Crippen molar-refractivity contribution in [1.82, 2.24) is 14.9 Å². The van der Waals surface area contributed by atoms with Crippen molar-refractivity contribution >= 4 is 39.8 Å². The average Bonchev–Trinajstić information content (AvgIpc) is 3.12. The SMILES string of the molecule is Cn1cnc2cc(F)c(N[C@]3(c4c(F)ccc(Cl)c4Cl)CCNC3)cc2c1=O. The molecule has 0 spiro atoms. The van der Waals surface area contributed by atoms with Crippen molar-refractivity contribution in [3.8, 4) is 0 Å². The summed E-state index contributed by atoms with van der Waals surface area (Å²) in [7, 11) is 1.56. The van der Waals surface area contributed by atoms with Gasteiger partial charge in [0.15, 0.2) is 0 Å². The quantitative estimate of drug-likeness (QED) is 0.627. The fourth-order valence-corrected chi connectivity index (χ4v) is 4.12. The minimum atomic E-state index is -1.02. The molecule has 0 radical (unpaired) electrons. The van der Waals surface area contributed by atoms with Crippen LogP contribution in [-0.2, 0) is 12.6 Å². The van der Waals surface area contributed by atoms with Crippen molar-refractivity contribution in [1.29, 1.82) is 0 Å². The van der Waals surface area contributed by atoms with Crippen LogP contribution < -0.4 is 16.2 Å². The molecule has 1 fully saturated rings. The van der Waals surface area contributed by atoms with Crippen LogP contribution in [0.3, 0.4) is 0 Å². The first-order valence-electron chi connectivity index (χ1n) is 8.60. The molecule has 2 N–H and O–H groups in total. The van der Waals surface area contributed by atoms with E-state index in [9.17, 15) is 13.6 Å². The molecule has 2 aromatic carbocycles. The van der Waals surface area contributed by atoms with Gasteiger partial charge in [-0.2, -0.15) is 0 Å². The summed E-state index contributed by atoms with van der Waals surface area (Å²) in [5, 5.41) is 6.79. The predicted molar refractivity (Wildman–Crippen MR) is 106 cm³/mol. The van der Waals surface area contributed by atoms with Gasteiger partial charge >= 0.3 is 0 Å². The Hall–Kier alpha value is -2.22. The molecule has 0 unspecified atom stereocenters. The normalized spacial score (nSPS) is 19.3. The molecule has 1 aliphatic heterocycles. The molecule has 3 aromatic rings. The maximum Gasteiger partial charge on any atom is 0.260 e. The second kappa shape index (κ2) is 6.99. The zero-order valence-corrected chi connectivity index (χ0v) is 16.3. The van der Waals surface area contributed by atoms with Crippen molar-refractivity contribution in [2.75, 3.05) is 18.4 Å². The van der Waals surface area contributed by atoms with Gasteiger partial charge in [0.1, 0.15) is 11.6 Å². The first-order chi connectivity index (χ1) is 13.3. The lowest BCUT2D eigenvalue weighted by Gasteiger charge is -2.33. The molecule has 0 amide bonds. The number of aromatic nitrogens is 2. The van der Waals surface area contributed by atoms with Crippen molar-refractivity contribution in [2.24, 2.45) is 7.05 Å². The van der Waals surface area contributed by atoms with Crippen molar-refractivity contribution < 1.29 is 8.78 Å². The lowest BCUT2D eigenvalue weighted by molar-refractivity contribution is 0.491. The molecule has 146 valence electrons. The van der Waals surface area contributed by atoms with Gasteiger partial charge in [0.05, 0.1) is 38.5 Å². The Labute approximate surface area is 169 Å². The minimum Gasteiger partial charge on any atom is -0.372 e. The van der Waals surface area contributed by atoms with Crippen LogP contribution in [-0.4, -0.2) is 22.6 Å². The van der Waals surface area contributed by atoms with Crippen LogP contribution in [0, 0.1) is 11.6 Å². The Bertz CT molecular complexity index is 1140. The van der Waals surface area contributed by atoms with E-state index < -0.39 is 17.2 Å². The van der Waals surface area contributed by atoms with E-state index in [0.29, 0.717) is 19.5 Å². The van der Waals surface area contributed by atoms with Gasteiger partial charge in [-0.25, -0.2) is 13.8 Å². The van der Waals surface area contributed by atoms with E-state index in [1.165, 1.54) is 35.2 Å². The minimum absolute atomic E-state index is 0.0664. The molecule has 0 aliphatic carbocycles. The number of rotatable bonds is 3. The third kappa shape index (κ3) is 3.03. The maximum atomic E-state index is 14.8. The Balaban J connectivity index is 1.88. The molecule has 9 heteroatoms. The fourth-order valence-electron chi connectivity index (χ4n) is 3.63. The maximum absolute atomic E-state index is 14.8. The van der Waals surface area contributed by atoms with Crippen LogP contribution in [0.15, 0.2) is 35.4 Å². The largest absolute Gasteiger partial charge is 0.372 e. The van der Waals surface area contributed by atoms with Gasteiger partial charge in [-0.15, -0.1) is 0 Å². The molecule has 0 saturated carbocycles. The lowest BCUT2D eigenvalue weighted by atomic mass is 9.87. The molecule has 1 atom stereocenters. The molecule has 5 nitrogen and oxygen atoms in total. The van der Waals surface area contributed by atoms with Gasteiger partial charge in [0, 0.05) is 25.2 Å². The zero-order valence-electron chi connectivity index (χ0n) is 14.8. The van der Waals surface area contributed by atoms with Crippen LogP contribution in [0.2, 0.25) is 10.0 Å². The van der Waals surface area contributed by atoms with Gasteiger partial charge in [-0.3, -0.25) is 4.79 Å². The van der Waals surface area contributed by atoms with E-state index in [-0.39, 0.29) is 37.8 Å². The highest BCUT2D eigenvalue weighted by molar-refractivity contribution is 6.42. The van der Waals surface area contributed by atoms with E-state index in [2.05, 4.69) is 15.6 Å². The number of halogens is 4. The van der Waals surface area contributed by atoms with E-state index in [4.69, 9.17) is 23.2 Å². The molecule has 1 aromatic heterocycles. The summed E-state index contributed by atoms with van der Waals surface area (Å²) >= 11 is 12.4. The van der Waals surface area contributed by atoms with E-state index in [1.54, 1.807) is 7.05 Å². The number of anilines is 1. The molecule has 2 heterocycles. The number of nitrogens with one attached hydrogen (secondary N) is 2. The number of nitrogens with zero attached hydrogens (tertiary/aromatic N) is 2. The Kier molecular flexibility index (Phi) is 4.77. The summed E-state index contributed by atoms with van der Waals surface area (Å²) in [6, 6.07) is 5.20. The van der Waals surface area contributed by atoms with E-state index in [0.717, 1.165) is 0 Å². The summed E-state index contributed by atoms with van der Waals surface area (Å²) in [4.78, 5) is 16.5. The molecular formula is C19H16Cl2F2N4O. The number of benzene rings is 2.